The van der Waals surface area contributed by atoms with Crippen LogP contribution in [0.4, 0.5) is 0 Å². The van der Waals surface area contributed by atoms with Gasteiger partial charge in [0.05, 0.1) is 211 Å². The summed E-state index contributed by atoms with van der Waals surface area (Å²) in [5.74, 6) is 0. The Labute approximate surface area is 287 Å². The monoisotopic (exact) mass is 704 g/mol. The Morgan fingerprint density at radius 2 is 0.125 bits per heavy atom. The molecular formula is C32H64O16. The van der Waals surface area contributed by atoms with E-state index in [1.165, 1.54) is 0 Å². The third-order valence-corrected chi connectivity index (χ3v) is 5.95. The molecule has 0 spiro atoms. The van der Waals surface area contributed by atoms with Gasteiger partial charge in [0.1, 0.15) is 0 Å². The fraction of sp³-hybridized carbons (Fsp3) is 1.00. The van der Waals surface area contributed by atoms with Crippen molar-refractivity contribution in [3.8, 4) is 0 Å². The molecule has 0 unspecified atom stereocenters. The molecule has 0 aromatic carbocycles. The van der Waals surface area contributed by atoms with Crippen LogP contribution in [0.1, 0.15) is 0 Å². The molecule has 1 aliphatic rings. The highest BCUT2D eigenvalue weighted by Crippen LogP contribution is 1.89. The van der Waals surface area contributed by atoms with Crippen molar-refractivity contribution in [1.82, 2.24) is 0 Å². The molecule has 0 atom stereocenters. The fourth-order valence-corrected chi connectivity index (χ4v) is 3.52. The van der Waals surface area contributed by atoms with Crippen LogP contribution in [0.3, 0.4) is 0 Å². The van der Waals surface area contributed by atoms with Crippen molar-refractivity contribution in [2.24, 2.45) is 0 Å². The van der Waals surface area contributed by atoms with Gasteiger partial charge in [-0.25, -0.2) is 0 Å². The topological polar surface area (TPSA) is 148 Å². The minimum Gasteiger partial charge on any atom is -0.377 e. The average Bonchev–Trinajstić information content (AvgIpc) is 3.10. The predicted molar refractivity (Wildman–Crippen MR) is 173 cm³/mol. The molecule has 0 N–H and O–H groups in total. The Morgan fingerprint density at radius 1 is 0.0833 bits per heavy atom. The van der Waals surface area contributed by atoms with Gasteiger partial charge in [0.25, 0.3) is 0 Å². The standard InChI is InChI=1S/C32H64O16/c1-2-34-5-6-36-9-10-38-13-14-40-17-18-42-21-22-44-25-26-46-29-30-48-32-31-47-28-27-45-24-23-43-20-19-41-16-15-39-12-11-37-8-7-35-4-3-33-1/h1-32H2. The van der Waals surface area contributed by atoms with Gasteiger partial charge >= 0.3 is 0 Å². The van der Waals surface area contributed by atoms with E-state index in [9.17, 15) is 0 Å². The van der Waals surface area contributed by atoms with Gasteiger partial charge in [-0.3, -0.25) is 0 Å². The van der Waals surface area contributed by atoms with E-state index >= 15 is 0 Å². The van der Waals surface area contributed by atoms with Crippen LogP contribution in [-0.4, -0.2) is 211 Å². The molecule has 0 saturated carbocycles. The van der Waals surface area contributed by atoms with E-state index in [0.29, 0.717) is 211 Å². The first kappa shape index (κ1) is 45.4. The van der Waals surface area contributed by atoms with Gasteiger partial charge in [-0.1, -0.05) is 0 Å². The van der Waals surface area contributed by atoms with Crippen molar-refractivity contribution in [3.63, 3.8) is 0 Å². The smallest absolute Gasteiger partial charge is 0.0701 e. The quantitative estimate of drug-likeness (QED) is 0.339. The van der Waals surface area contributed by atoms with E-state index in [4.69, 9.17) is 75.8 Å². The second-order valence-electron chi connectivity index (χ2n) is 9.80. The predicted octanol–water partition coefficient (Wildman–Crippen LogP) is 0.266. The van der Waals surface area contributed by atoms with Crippen LogP contribution in [0.2, 0.25) is 0 Å². The normalized spacial score (nSPS) is 24.0. The fourth-order valence-electron chi connectivity index (χ4n) is 3.52. The minimum absolute atomic E-state index is 0.507. The maximum Gasteiger partial charge on any atom is 0.0701 e. The summed E-state index contributed by atoms with van der Waals surface area (Å²) in [6, 6.07) is 0. The van der Waals surface area contributed by atoms with E-state index in [2.05, 4.69) is 0 Å². The second kappa shape index (κ2) is 42.5. The molecule has 1 heterocycles. The summed E-state index contributed by atoms with van der Waals surface area (Å²) < 4.78 is 87.8. The molecule has 0 aromatic heterocycles. The summed E-state index contributed by atoms with van der Waals surface area (Å²) in [5.41, 5.74) is 0. The average molecular weight is 705 g/mol. The van der Waals surface area contributed by atoms with Gasteiger partial charge in [0, 0.05) is 0 Å². The van der Waals surface area contributed by atoms with Crippen LogP contribution in [0.15, 0.2) is 0 Å². The molecular weight excluding hydrogens is 640 g/mol. The Morgan fingerprint density at radius 3 is 0.167 bits per heavy atom. The minimum atomic E-state index is 0.507. The van der Waals surface area contributed by atoms with Gasteiger partial charge in [-0.15, -0.1) is 0 Å². The van der Waals surface area contributed by atoms with Crippen molar-refractivity contribution in [1.29, 1.82) is 0 Å². The Bertz CT molecular complexity index is 312. The number of rotatable bonds is 0. The molecule has 0 bridgehead atoms. The van der Waals surface area contributed by atoms with Gasteiger partial charge in [-0.2, -0.15) is 0 Å². The second-order valence-corrected chi connectivity index (χ2v) is 9.80. The molecule has 288 valence electrons. The Hall–Kier alpha value is -0.640. The molecule has 48 heavy (non-hydrogen) atoms. The summed E-state index contributed by atoms with van der Waals surface area (Å²) in [5, 5.41) is 0. The molecule has 1 rings (SSSR count). The lowest BCUT2D eigenvalue weighted by Crippen LogP contribution is -2.16. The summed E-state index contributed by atoms with van der Waals surface area (Å²) in [4.78, 5) is 0. The Balaban J connectivity index is 2.00. The van der Waals surface area contributed by atoms with E-state index in [1.54, 1.807) is 0 Å². The lowest BCUT2D eigenvalue weighted by atomic mass is 10.6. The Kier molecular flexibility index (Phi) is 40.2. The third kappa shape index (κ3) is 39.8. The first-order valence-electron chi connectivity index (χ1n) is 17.2. The molecule has 16 nitrogen and oxygen atoms in total. The van der Waals surface area contributed by atoms with E-state index in [-0.39, 0.29) is 0 Å². The van der Waals surface area contributed by atoms with Crippen LogP contribution in [0, 0.1) is 0 Å². The maximum absolute atomic E-state index is 5.49. The van der Waals surface area contributed by atoms with Crippen molar-refractivity contribution in [2.45, 2.75) is 0 Å². The summed E-state index contributed by atoms with van der Waals surface area (Å²) in [6.07, 6.45) is 0. The molecule has 0 aliphatic carbocycles. The van der Waals surface area contributed by atoms with Crippen LogP contribution < -0.4 is 0 Å². The molecule has 1 aliphatic heterocycles. The highest BCUT2D eigenvalue weighted by molar-refractivity contribution is 4.41. The lowest BCUT2D eigenvalue weighted by molar-refractivity contribution is -0.0334. The summed E-state index contributed by atoms with van der Waals surface area (Å²) >= 11 is 0. The molecule has 1 saturated heterocycles. The van der Waals surface area contributed by atoms with Crippen LogP contribution in [0.25, 0.3) is 0 Å². The largest absolute Gasteiger partial charge is 0.377 e. The lowest BCUT2D eigenvalue weighted by Gasteiger charge is -2.09. The van der Waals surface area contributed by atoms with E-state index in [1.807, 2.05) is 0 Å². The van der Waals surface area contributed by atoms with Crippen LogP contribution in [-0.2, 0) is 75.8 Å². The zero-order valence-corrected chi connectivity index (χ0v) is 29.2. The van der Waals surface area contributed by atoms with Crippen LogP contribution >= 0.6 is 0 Å². The zero-order chi connectivity index (χ0) is 33.9. The number of ether oxygens (including phenoxy) is 16. The van der Waals surface area contributed by atoms with Crippen molar-refractivity contribution in [2.75, 3.05) is 211 Å². The number of hydrogen-bond acceptors (Lipinski definition) is 16. The highest BCUT2D eigenvalue weighted by Gasteiger charge is 1.98. The van der Waals surface area contributed by atoms with Gasteiger partial charge in [0.15, 0.2) is 0 Å². The van der Waals surface area contributed by atoms with Crippen molar-refractivity contribution in [3.05, 3.63) is 0 Å². The number of hydrogen-bond donors (Lipinski definition) is 0. The van der Waals surface area contributed by atoms with Gasteiger partial charge < -0.3 is 75.8 Å². The van der Waals surface area contributed by atoms with Gasteiger partial charge in [-0.05, 0) is 0 Å². The molecule has 16 heteroatoms. The summed E-state index contributed by atoms with van der Waals surface area (Å²) in [7, 11) is 0. The van der Waals surface area contributed by atoms with Gasteiger partial charge in [0.2, 0.25) is 0 Å². The highest BCUT2D eigenvalue weighted by atomic mass is 16.6. The molecule has 0 radical (unpaired) electrons. The molecule has 1 fully saturated rings. The van der Waals surface area contributed by atoms with E-state index < -0.39 is 0 Å². The molecule has 0 aromatic rings. The molecule has 0 amide bonds. The van der Waals surface area contributed by atoms with Crippen molar-refractivity contribution < 1.29 is 75.8 Å². The third-order valence-electron chi connectivity index (χ3n) is 5.95. The van der Waals surface area contributed by atoms with Crippen LogP contribution in [0.5, 0.6) is 0 Å². The maximum atomic E-state index is 5.49. The van der Waals surface area contributed by atoms with E-state index in [0.717, 1.165) is 0 Å². The SMILES string of the molecule is C1COCCOCCOCCOCCOCCOCCOCCOCCOCCOCCOCCOCCOCCOCCOCCO1. The first-order chi connectivity index (χ1) is 24.0. The zero-order valence-electron chi connectivity index (χ0n) is 29.2. The first-order valence-corrected chi connectivity index (χ1v) is 17.2. The summed E-state index contributed by atoms with van der Waals surface area (Å²) in [6.45, 7) is 16.2. The van der Waals surface area contributed by atoms with Crippen molar-refractivity contribution >= 4 is 0 Å².